The second kappa shape index (κ2) is 8.18. The second-order valence-electron chi connectivity index (χ2n) is 6.21. The molecule has 1 saturated carbocycles. The van der Waals surface area contributed by atoms with Crippen LogP contribution >= 0.6 is 0 Å². The molecular weight excluding hydrogens is 278 g/mol. The van der Waals surface area contributed by atoms with Gasteiger partial charge in [0, 0.05) is 6.04 Å². The van der Waals surface area contributed by atoms with Gasteiger partial charge >= 0.3 is 0 Å². The molecule has 0 bridgehead atoms. The van der Waals surface area contributed by atoms with Crippen LogP contribution in [0.15, 0.2) is 24.3 Å². The molecule has 1 aromatic rings. The Kier molecular flexibility index (Phi) is 6.25. The van der Waals surface area contributed by atoms with Gasteiger partial charge in [-0.05, 0) is 43.4 Å². The summed E-state index contributed by atoms with van der Waals surface area (Å²) in [5.74, 6) is 1.29. The Morgan fingerprint density at radius 1 is 1.45 bits per heavy atom. The molecule has 1 aliphatic rings. The molecular formula is C18H27NO3. The number of aliphatic hydroxyl groups excluding tert-OH is 1. The average molecular weight is 305 g/mol. The minimum atomic E-state index is -0.532. The molecule has 22 heavy (non-hydrogen) atoms. The smallest absolute Gasteiger partial charge is 0.260 e. The summed E-state index contributed by atoms with van der Waals surface area (Å²) in [5.41, 5.74) is 0.781. The van der Waals surface area contributed by atoms with Crippen LogP contribution in [-0.4, -0.2) is 23.2 Å². The monoisotopic (exact) mass is 305 g/mol. The van der Waals surface area contributed by atoms with E-state index in [0.717, 1.165) is 24.3 Å². The number of carbonyl (C=O) groups is 1. The standard InChI is InChI=1S/C18H27NO3/c1-3-14-6-4-8-16(10-14)19-18(21)13(2)22-17-9-5-7-15(11-17)12-20/h5,7,9,11,13-14,16,20H,3-4,6,8,10,12H2,1-2H3,(H,19,21). The maximum Gasteiger partial charge on any atom is 0.260 e. The summed E-state index contributed by atoms with van der Waals surface area (Å²) < 4.78 is 5.69. The first-order valence-corrected chi connectivity index (χ1v) is 8.29. The average Bonchev–Trinajstić information content (AvgIpc) is 2.55. The lowest BCUT2D eigenvalue weighted by Crippen LogP contribution is -2.44. The summed E-state index contributed by atoms with van der Waals surface area (Å²) in [5, 5.41) is 12.3. The van der Waals surface area contributed by atoms with Crippen molar-refractivity contribution in [3.63, 3.8) is 0 Å². The largest absolute Gasteiger partial charge is 0.481 e. The number of amides is 1. The third-order valence-corrected chi connectivity index (χ3v) is 4.47. The first-order chi connectivity index (χ1) is 10.6. The Morgan fingerprint density at radius 3 is 3.00 bits per heavy atom. The minimum absolute atomic E-state index is 0.0295. The molecule has 122 valence electrons. The molecule has 3 unspecified atom stereocenters. The number of aliphatic hydroxyl groups is 1. The Hall–Kier alpha value is -1.55. The van der Waals surface area contributed by atoms with Crippen LogP contribution in [0.5, 0.6) is 5.75 Å². The van der Waals surface area contributed by atoms with Crippen molar-refractivity contribution in [2.75, 3.05) is 0 Å². The van der Waals surface area contributed by atoms with E-state index in [1.54, 1.807) is 19.1 Å². The molecule has 0 spiro atoms. The molecule has 4 nitrogen and oxygen atoms in total. The topological polar surface area (TPSA) is 58.6 Å². The second-order valence-corrected chi connectivity index (χ2v) is 6.21. The van der Waals surface area contributed by atoms with Gasteiger partial charge in [0.1, 0.15) is 5.75 Å². The molecule has 0 radical (unpaired) electrons. The van der Waals surface area contributed by atoms with Crippen molar-refractivity contribution in [3.05, 3.63) is 29.8 Å². The summed E-state index contributed by atoms with van der Waals surface area (Å²) >= 11 is 0. The molecule has 0 aromatic heterocycles. The van der Waals surface area contributed by atoms with Gasteiger partial charge in [0.25, 0.3) is 5.91 Å². The number of hydrogen-bond acceptors (Lipinski definition) is 3. The number of carbonyl (C=O) groups excluding carboxylic acids is 1. The number of ether oxygens (including phenoxy) is 1. The Bertz CT molecular complexity index is 489. The predicted octanol–water partition coefficient (Wildman–Crippen LogP) is 3.03. The molecule has 0 saturated heterocycles. The van der Waals surface area contributed by atoms with Crippen molar-refractivity contribution in [2.45, 2.75) is 64.7 Å². The fourth-order valence-electron chi connectivity index (χ4n) is 3.09. The zero-order valence-electron chi connectivity index (χ0n) is 13.5. The van der Waals surface area contributed by atoms with Gasteiger partial charge in [0.2, 0.25) is 0 Å². The number of benzene rings is 1. The predicted molar refractivity (Wildman–Crippen MR) is 86.6 cm³/mol. The lowest BCUT2D eigenvalue weighted by molar-refractivity contribution is -0.128. The van der Waals surface area contributed by atoms with Gasteiger partial charge in [-0.3, -0.25) is 4.79 Å². The third kappa shape index (κ3) is 4.73. The van der Waals surface area contributed by atoms with Crippen molar-refractivity contribution in [2.24, 2.45) is 5.92 Å². The summed E-state index contributed by atoms with van der Waals surface area (Å²) in [6.07, 6.45) is 5.27. The molecule has 4 heteroatoms. The van der Waals surface area contributed by atoms with Crippen LogP contribution in [0, 0.1) is 5.92 Å². The fraction of sp³-hybridized carbons (Fsp3) is 0.611. The van der Waals surface area contributed by atoms with E-state index in [-0.39, 0.29) is 18.6 Å². The maximum absolute atomic E-state index is 12.3. The highest BCUT2D eigenvalue weighted by molar-refractivity contribution is 5.81. The number of rotatable bonds is 6. The van der Waals surface area contributed by atoms with E-state index in [1.165, 1.54) is 19.3 Å². The molecule has 2 rings (SSSR count). The normalized spacial score (nSPS) is 22.9. The van der Waals surface area contributed by atoms with Crippen LogP contribution in [0.3, 0.4) is 0 Å². The lowest BCUT2D eigenvalue weighted by Gasteiger charge is -2.30. The summed E-state index contributed by atoms with van der Waals surface area (Å²) in [6.45, 7) is 3.95. The summed E-state index contributed by atoms with van der Waals surface area (Å²) in [6, 6.07) is 7.48. The highest BCUT2D eigenvalue weighted by Crippen LogP contribution is 2.26. The Morgan fingerprint density at radius 2 is 2.27 bits per heavy atom. The van der Waals surface area contributed by atoms with Crippen LogP contribution < -0.4 is 10.1 Å². The summed E-state index contributed by atoms with van der Waals surface area (Å²) in [7, 11) is 0. The van der Waals surface area contributed by atoms with E-state index in [2.05, 4.69) is 12.2 Å². The number of hydrogen-bond donors (Lipinski definition) is 2. The summed E-state index contributed by atoms with van der Waals surface area (Å²) in [4.78, 5) is 12.3. The molecule has 1 fully saturated rings. The Labute approximate surface area is 132 Å². The Balaban J connectivity index is 1.86. The van der Waals surface area contributed by atoms with Gasteiger partial charge in [-0.25, -0.2) is 0 Å². The van der Waals surface area contributed by atoms with Crippen LogP contribution in [0.1, 0.15) is 51.5 Å². The molecule has 3 atom stereocenters. The van der Waals surface area contributed by atoms with Crippen molar-refractivity contribution in [1.82, 2.24) is 5.32 Å². The van der Waals surface area contributed by atoms with Crippen LogP contribution in [0.4, 0.5) is 0 Å². The lowest BCUT2D eigenvalue weighted by atomic mass is 9.84. The fourth-order valence-corrected chi connectivity index (χ4v) is 3.09. The molecule has 1 aromatic carbocycles. The van der Waals surface area contributed by atoms with Gasteiger partial charge in [-0.15, -0.1) is 0 Å². The zero-order chi connectivity index (χ0) is 15.9. The quantitative estimate of drug-likeness (QED) is 0.849. The molecule has 0 aliphatic heterocycles. The maximum atomic E-state index is 12.3. The molecule has 0 heterocycles. The molecule has 1 amide bonds. The van der Waals surface area contributed by atoms with E-state index in [0.29, 0.717) is 5.75 Å². The molecule has 1 aliphatic carbocycles. The SMILES string of the molecule is CCC1CCCC(NC(=O)C(C)Oc2cccc(CO)c2)C1. The van der Waals surface area contributed by atoms with Gasteiger partial charge in [-0.2, -0.15) is 0 Å². The van der Waals surface area contributed by atoms with E-state index >= 15 is 0 Å². The first kappa shape index (κ1) is 16.8. The number of nitrogens with one attached hydrogen (secondary N) is 1. The van der Waals surface area contributed by atoms with Crippen molar-refractivity contribution < 1.29 is 14.6 Å². The highest BCUT2D eigenvalue weighted by atomic mass is 16.5. The van der Waals surface area contributed by atoms with Gasteiger partial charge in [0.15, 0.2) is 6.10 Å². The van der Waals surface area contributed by atoms with E-state index in [4.69, 9.17) is 9.84 Å². The molecule has 2 N–H and O–H groups in total. The van der Waals surface area contributed by atoms with E-state index in [1.807, 2.05) is 12.1 Å². The van der Waals surface area contributed by atoms with Gasteiger partial charge in [-0.1, -0.05) is 38.3 Å². The van der Waals surface area contributed by atoms with Gasteiger partial charge in [0.05, 0.1) is 6.61 Å². The van der Waals surface area contributed by atoms with E-state index < -0.39 is 6.10 Å². The van der Waals surface area contributed by atoms with Crippen LogP contribution in [0.25, 0.3) is 0 Å². The van der Waals surface area contributed by atoms with E-state index in [9.17, 15) is 4.79 Å². The minimum Gasteiger partial charge on any atom is -0.481 e. The van der Waals surface area contributed by atoms with Crippen molar-refractivity contribution in [3.8, 4) is 5.75 Å². The van der Waals surface area contributed by atoms with Crippen LogP contribution in [-0.2, 0) is 11.4 Å². The third-order valence-electron chi connectivity index (χ3n) is 4.47. The highest BCUT2D eigenvalue weighted by Gasteiger charge is 2.24. The first-order valence-electron chi connectivity index (χ1n) is 8.29. The van der Waals surface area contributed by atoms with Crippen molar-refractivity contribution in [1.29, 1.82) is 0 Å². The van der Waals surface area contributed by atoms with Crippen molar-refractivity contribution >= 4 is 5.91 Å². The zero-order valence-corrected chi connectivity index (χ0v) is 13.5. The van der Waals surface area contributed by atoms with Gasteiger partial charge < -0.3 is 15.2 Å². The van der Waals surface area contributed by atoms with Crippen LogP contribution in [0.2, 0.25) is 0 Å².